The van der Waals surface area contributed by atoms with Gasteiger partial charge in [-0.15, -0.1) is 0 Å². The monoisotopic (exact) mass is 216 g/mol. The largest absolute Gasteiger partial charge is 0.726 e. The molecule has 7 heteroatoms. The Morgan fingerprint density at radius 3 is 1.25 bits per heavy atom. The molecule has 0 spiro atoms. The summed E-state index contributed by atoms with van der Waals surface area (Å²) < 4.78 is 38.2. The van der Waals surface area contributed by atoms with Gasteiger partial charge in [-0.25, -0.2) is 16.7 Å². The van der Waals surface area contributed by atoms with Gasteiger partial charge in [-0.2, -0.15) is 0 Å². The van der Waals surface area contributed by atoms with Crippen LogP contribution in [-0.2, 0) is 0 Å². The number of nitrogens with zero attached hydrogens (tertiary/aromatic N) is 2. The maximum Gasteiger partial charge on any atom is 0.726 e. The number of halogens is 3. The zero-order valence-corrected chi connectivity index (χ0v) is 10.0. The Hall–Kier alpha value is 0.144. The van der Waals surface area contributed by atoms with Crippen molar-refractivity contribution < 1.29 is 12.3 Å². The normalized spacial score (nSPS) is 14.5. The molecular weight excluding hydrogens is 201 g/mol. The van der Waals surface area contributed by atoms with Crippen molar-refractivity contribution in [3.8, 4) is 0 Å². The second-order valence-corrected chi connectivity index (χ2v) is 10.4. The Balaban J connectivity index is 4.70. The van der Waals surface area contributed by atoms with Crippen molar-refractivity contribution in [2.24, 2.45) is 0 Å². The highest BCUT2D eigenvalue weighted by Crippen LogP contribution is 2.23. The van der Waals surface area contributed by atoms with E-state index < -0.39 is 17.5 Å². The number of hydrogen-bond acceptors (Lipinski definition) is 2. The van der Waals surface area contributed by atoms with Crippen molar-refractivity contribution in [3.05, 3.63) is 0 Å². The molecule has 0 aromatic carbocycles. The lowest BCUT2D eigenvalue weighted by Crippen LogP contribution is -2.62. The molecule has 0 aromatic heterocycles. The van der Waals surface area contributed by atoms with Gasteiger partial charge in [-0.05, 0) is 0 Å². The molecule has 2 nitrogen and oxygen atoms in total. The van der Waals surface area contributed by atoms with Crippen LogP contribution in [0.15, 0.2) is 0 Å². The summed E-state index contributed by atoms with van der Waals surface area (Å²) in [5, 5.41) is 1.17. The first-order chi connectivity index (χ1) is 5.07. The molecule has 0 unspecified atom stereocenters. The van der Waals surface area contributed by atoms with Crippen molar-refractivity contribution in [3.63, 3.8) is 0 Å². The van der Waals surface area contributed by atoms with Crippen LogP contribution < -0.4 is 0 Å². The fourth-order valence-electron chi connectivity index (χ4n) is 1.21. The van der Waals surface area contributed by atoms with E-state index in [0.29, 0.717) is 4.34 Å². The van der Waals surface area contributed by atoms with Crippen LogP contribution in [0, 0.1) is 0 Å². The summed E-state index contributed by atoms with van der Waals surface area (Å²) in [4.78, 5) is 0. The smallest absolute Gasteiger partial charge is 0.255 e. The van der Waals surface area contributed by atoms with Gasteiger partial charge < -0.3 is 0 Å². The Bertz CT molecular complexity index is 138. The summed E-state index contributed by atoms with van der Waals surface area (Å²) in [5.74, 6) is 0. The fourth-order valence-corrected chi connectivity index (χ4v) is 5.90. The molecule has 0 N–H and O–H groups in total. The first-order valence-corrected chi connectivity index (χ1v) is 8.64. The van der Waals surface area contributed by atoms with Crippen molar-refractivity contribution in [1.82, 2.24) is 9.35 Å². The van der Waals surface area contributed by atoms with E-state index in [-0.39, 0.29) is 0 Å². The van der Waals surface area contributed by atoms with E-state index in [1.807, 2.05) is 0 Å². The maximum absolute atomic E-state index is 12.5. The molecular formula is C5H15F3N2Si2. The molecule has 0 amide bonds. The third kappa shape index (κ3) is 3.25. The number of rotatable bonds is 3. The Labute approximate surface area is 73.6 Å². The predicted molar refractivity (Wildman–Crippen MR) is 48.0 cm³/mol. The quantitative estimate of drug-likeness (QED) is 0.404. The van der Waals surface area contributed by atoms with E-state index in [2.05, 4.69) is 0 Å². The summed E-state index contributed by atoms with van der Waals surface area (Å²) >= 11 is 0. The fraction of sp³-hybridized carbons (Fsp3) is 1.00. The van der Waals surface area contributed by atoms with Gasteiger partial charge in [0.2, 0.25) is 0 Å². The lowest BCUT2D eigenvalue weighted by Gasteiger charge is -2.38. The Morgan fingerprint density at radius 1 is 0.917 bits per heavy atom. The molecule has 0 saturated carbocycles. The lowest BCUT2D eigenvalue weighted by atomic mass is 11.2. The first-order valence-electron chi connectivity index (χ1n) is 3.61. The van der Waals surface area contributed by atoms with Crippen LogP contribution in [0.3, 0.4) is 0 Å². The van der Waals surface area contributed by atoms with Crippen LogP contribution in [0.5, 0.6) is 0 Å². The molecule has 0 heterocycles. The Kier molecular flexibility index (Phi) is 3.52. The van der Waals surface area contributed by atoms with Gasteiger partial charge in [0.1, 0.15) is 8.24 Å². The van der Waals surface area contributed by atoms with Crippen molar-refractivity contribution in [1.29, 1.82) is 0 Å². The van der Waals surface area contributed by atoms with Crippen LogP contribution in [0.25, 0.3) is 0 Å². The summed E-state index contributed by atoms with van der Waals surface area (Å²) in [6, 6.07) is 0. The van der Waals surface area contributed by atoms with Crippen molar-refractivity contribution in [2.75, 3.05) is 14.1 Å². The summed E-state index contributed by atoms with van der Waals surface area (Å²) in [6.45, 7) is 5.06. The third-order valence-corrected chi connectivity index (χ3v) is 6.60. The van der Waals surface area contributed by atoms with Gasteiger partial charge in [0.25, 0.3) is 0 Å². The van der Waals surface area contributed by atoms with Crippen molar-refractivity contribution >= 4 is 17.5 Å². The van der Waals surface area contributed by atoms with Crippen LogP contribution in [0.1, 0.15) is 0 Å². The lowest BCUT2D eigenvalue weighted by molar-refractivity contribution is 0.143. The van der Waals surface area contributed by atoms with Gasteiger partial charge in [-0.3, -0.25) is 5.01 Å². The van der Waals surface area contributed by atoms with Crippen molar-refractivity contribution in [2.45, 2.75) is 19.6 Å². The molecule has 74 valence electrons. The molecule has 0 fully saturated rings. The zero-order chi connectivity index (χ0) is 10.2. The minimum Gasteiger partial charge on any atom is -0.255 e. The predicted octanol–water partition coefficient (Wildman–Crippen LogP) is 1.94. The molecule has 0 radical (unpaired) electrons. The van der Waals surface area contributed by atoms with E-state index >= 15 is 0 Å². The first kappa shape index (κ1) is 12.1. The molecule has 0 aliphatic carbocycles. The van der Waals surface area contributed by atoms with E-state index in [1.54, 1.807) is 19.6 Å². The topological polar surface area (TPSA) is 6.48 Å². The Morgan fingerprint density at radius 2 is 1.25 bits per heavy atom. The zero-order valence-electron chi connectivity index (χ0n) is 8.03. The molecule has 0 aliphatic rings. The third-order valence-electron chi connectivity index (χ3n) is 1.28. The molecule has 0 aromatic rings. The molecule has 12 heavy (non-hydrogen) atoms. The molecule has 0 aliphatic heterocycles. The van der Waals surface area contributed by atoms with Gasteiger partial charge in [0.05, 0.1) is 0 Å². The van der Waals surface area contributed by atoms with E-state index in [0.717, 1.165) is 0 Å². The minimum absolute atomic E-state index is 0.653. The summed E-state index contributed by atoms with van der Waals surface area (Å²) in [7, 11) is -5.07. The van der Waals surface area contributed by atoms with E-state index in [1.165, 1.54) is 19.1 Å². The highest BCUT2D eigenvalue weighted by atomic mass is 28.5. The summed E-state index contributed by atoms with van der Waals surface area (Å²) in [5.41, 5.74) is 0. The number of hydrogen-bond donors (Lipinski definition) is 0. The van der Waals surface area contributed by atoms with Gasteiger partial charge in [0.15, 0.2) is 0 Å². The van der Waals surface area contributed by atoms with Crippen LogP contribution >= 0.6 is 0 Å². The average Bonchev–Trinajstić information content (AvgIpc) is 1.49. The van der Waals surface area contributed by atoms with E-state index in [9.17, 15) is 12.3 Å². The SMILES string of the molecule is CN(C)N([Si](C)(C)C)[Si](F)(F)F. The average molecular weight is 216 g/mol. The molecule has 0 bridgehead atoms. The standard InChI is InChI=1S/C5H15F3N2Si2/c1-9(2)10(11(3,4)5)12(6,7)8/h1-5H3. The van der Waals surface area contributed by atoms with Gasteiger partial charge in [0, 0.05) is 14.1 Å². The van der Waals surface area contributed by atoms with Gasteiger partial charge in [-0.1, -0.05) is 19.6 Å². The number of hydrazine groups is 1. The van der Waals surface area contributed by atoms with Crippen LogP contribution in [0.2, 0.25) is 19.6 Å². The second-order valence-electron chi connectivity index (χ2n) is 3.80. The van der Waals surface area contributed by atoms with Gasteiger partial charge >= 0.3 is 9.24 Å². The highest BCUT2D eigenvalue weighted by molar-refractivity contribution is 6.83. The second kappa shape index (κ2) is 3.48. The molecule has 0 saturated heterocycles. The highest BCUT2D eigenvalue weighted by Gasteiger charge is 2.53. The van der Waals surface area contributed by atoms with Crippen LogP contribution in [0.4, 0.5) is 12.3 Å². The van der Waals surface area contributed by atoms with Crippen LogP contribution in [-0.4, -0.2) is 40.9 Å². The summed E-state index contributed by atoms with van der Waals surface area (Å²) in [6.07, 6.45) is 0. The molecule has 0 atom stereocenters. The van der Waals surface area contributed by atoms with E-state index in [4.69, 9.17) is 0 Å². The molecule has 0 rings (SSSR count). The minimum atomic E-state index is -5.66. The maximum atomic E-state index is 12.5.